The van der Waals surface area contributed by atoms with E-state index in [1.807, 2.05) is 12.1 Å². The second-order valence-electron chi connectivity index (χ2n) is 4.72. The molecule has 3 heteroatoms. The van der Waals surface area contributed by atoms with Crippen LogP contribution in [0.1, 0.15) is 25.5 Å². The van der Waals surface area contributed by atoms with Crippen LogP contribution in [0.25, 0.3) is 0 Å². The predicted molar refractivity (Wildman–Crippen MR) is 68.4 cm³/mol. The van der Waals surface area contributed by atoms with Crippen LogP contribution in [0.3, 0.4) is 0 Å². The van der Waals surface area contributed by atoms with Gasteiger partial charge in [0.25, 0.3) is 0 Å². The fraction of sp³-hybridized carbons (Fsp3) is 0.571. The maximum Gasteiger partial charge on any atom is 0.118 e. The highest BCUT2D eigenvalue weighted by Crippen LogP contribution is 2.24. The molecule has 1 heterocycles. The van der Waals surface area contributed by atoms with Gasteiger partial charge in [0.15, 0.2) is 0 Å². The van der Waals surface area contributed by atoms with Crippen molar-refractivity contribution in [1.29, 1.82) is 0 Å². The minimum atomic E-state index is 0.192. The Morgan fingerprint density at radius 3 is 2.59 bits per heavy atom. The molecule has 1 atom stereocenters. The first-order valence-corrected chi connectivity index (χ1v) is 6.20. The number of methoxy groups -OCH3 is 1. The Hall–Kier alpha value is -1.06. The van der Waals surface area contributed by atoms with Crippen molar-refractivity contribution in [3.63, 3.8) is 0 Å². The molecule has 1 unspecified atom stereocenters. The van der Waals surface area contributed by atoms with Crippen molar-refractivity contribution in [1.82, 2.24) is 4.90 Å². The minimum absolute atomic E-state index is 0.192. The number of nitrogens with zero attached hydrogens (tertiary/aromatic N) is 1. The van der Waals surface area contributed by atoms with Crippen LogP contribution in [0.5, 0.6) is 5.75 Å². The van der Waals surface area contributed by atoms with Gasteiger partial charge < -0.3 is 9.47 Å². The zero-order valence-electron chi connectivity index (χ0n) is 10.8. The lowest BCUT2D eigenvalue weighted by atomic mass is 10.1. The van der Waals surface area contributed by atoms with E-state index in [0.717, 1.165) is 25.4 Å². The van der Waals surface area contributed by atoms with Gasteiger partial charge in [-0.15, -0.1) is 0 Å². The topological polar surface area (TPSA) is 21.7 Å². The van der Waals surface area contributed by atoms with E-state index >= 15 is 0 Å². The number of hydrogen-bond acceptors (Lipinski definition) is 3. The SMILES string of the molecule is COc1ccc(C2CN(C(C)C)CCO2)cc1. The van der Waals surface area contributed by atoms with Crippen LogP contribution in [-0.2, 0) is 4.74 Å². The van der Waals surface area contributed by atoms with E-state index in [-0.39, 0.29) is 6.10 Å². The van der Waals surface area contributed by atoms with E-state index in [1.54, 1.807) is 7.11 Å². The van der Waals surface area contributed by atoms with Gasteiger partial charge in [-0.2, -0.15) is 0 Å². The average molecular weight is 235 g/mol. The lowest BCUT2D eigenvalue weighted by molar-refractivity contribution is -0.0402. The zero-order chi connectivity index (χ0) is 12.3. The molecule has 17 heavy (non-hydrogen) atoms. The van der Waals surface area contributed by atoms with E-state index in [2.05, 4.69) is 30.9 Å². The van der Waals surface area contributed by atoms with E-state index in [9.17, 15) is 0 Å². The van der Waals surface area contributed by atoms with Gasteiger partial charge in [0, 0.05) is 19.1 Å². The van der Waals surface area contributed by atoms with Crippen LogP contribution in [0, 0.1) is 0 Å². The molecule has 0 saturated carbocycles. The summed E-state index contributed by atoms with van der Waals surface area (Å²) in [5.41, 5.74) is 1.23. The van der Waals surface area contributed by atoms with Gasteiger partial charge in [-0.05, 0) is 31.5 Å². The molecule has 1 aliphatic rings. The molecular formula is C14H21NO2. The molecule has 1 fully saturated rings. The molecule has 0 radical (unpaired) electrons. The summed E-state index contributed by atoms with van der Waals surface area (Å²) < 4.78 is 11.0. The summed E-state index contributed by atoms with van der Waals surface area (Å²) in [6.45, 7) is 7.29. The summed E-state index contributed by atoms with van der Waals surface area (Å²) in [5, 5.41) is 0. The largest absolute Gasteiger partial charge is 0.497 e. The second kappa shape index (κ2) is 5.52. The standard InChI is InChI=1S/C14H21NO2/c1-11(2)15-8-9-17-14(10-15)12-4-6-13(16-3)7-5-12/h4-7,11,14H,8-10H2,1-3H3. The molecule has 3 nitrogen and oxygen atoms in total. The van der Waals surface area contributed by atoms with Crippen LogP contribution in [0.4, 0.5) is 0 Å². The molecule has 2 rings (SSSR count). The third-order valence-corrected chi connectivity index (χ3v) is 3.32. The average Bonchev–Trinajstić information content (AvgIpc) is 2.39. The second-order valence-corrected chi connectivity index (χ2v) is 4.72. The lowest BCUT2D eigenvalue weighted by Gasteiger charge is -2.35. The Morgan fingerprint density at radius 2 is 2.00 bits per heavy atom. The third-order valence-electron chi connectivity index (χ3n) is 3.32. The van der Waals surface area contributed by atoms with E-state index in [4.69, 9.17) is 9.47 Å². The Kier molecular flexibility index (Phi) is 4.02. The van der Waals surface area contributed by atoms with Crippen molar-refractivity contribution in [2.75, 3.05) is 26.8 Å². The summed E-state index contributed by atoms with van der Waals surface area (Å²) in [4.78, 5) is 2.46. The van der Waals surface area contributed by atoms with E-state index in [0.29, 0.717) is 6.04 Å². The molecule has 1 aromatic rings. The van der Waals surface area contributed by atoms with Gasteiger partial charge >= 0.3 is 0 Å². The molecule has 0 aliphatic carbocycles. The normalized spacial score (nSPS) is 21.8. The van der Waals surface area contributed by atoms with Crippen LogP contribution in [0.2, 0.25) is 0 Å². The molecule has 0 N–H and O–H groups in total. The van der Waals surface area contributed by atoms with Gasteiger partial charge in [0.2, 0.25) is 0 Å². The van der Waals surface area contributed by atoms with Crippen LogP contribution in [0.15, 0.2) is 24.3 Å². The molecule has 0 bridgehead atoms. The van der Waals surface area contributed by atoms with Crippen molar-refractivity contribution >= 4 is 0 Å². The first-order chi connectivity index (χ1) is 8.20. The Balaban J connectivity index is 2.05. The van der Waals surface area contributed by atoms with E-state index in [1.165, 1.54) is 5.56 Å². The third kappa shape index (κ3) is 2.99. The molecular weight excluding hydrogens is 214 g/mol. The first kappa shape index (κ1) is 12.4. The number of hydrogen-bond donors (Lipinski definition) is 0. The number of benzene rings is 1. The molecule has 0 aromatic heterocycles. The number of morpholine rings is 1. The Morgan fingerprint density at radius 1 is 1.29 bits per heavy atom. The summed E-state index contributed by atoms with van der Waals surface area (Å²) >= 11 is 0. The summed E-state index contributed by atoms with van der Waals surface area (Å²) in [5.74, 6) is 0.894. The van der Waals surface area contributed by atoms with Gasteiger partial charge in [0.05, 0.1) is 19.8 Å². The summed E-state index contributed by atoms with van der Waals surface area (Å²) in [7, 11) is 1.69. The minimum Gasteiger partial charge on any atom is -0.497 e. The van der Waals surface area contributed by atoms with Crippen molar-refractivity contribution in [2.24, 2.45) is 0 Å². The maximum absolute atomic E-state index is 5.84. The highest BCUT2D eigenvalue weighted by molar-refractivity contribution is 5.28. The van der Waals surface area contributed by atoms with Crippen LogP contribution >= 0.6 is 0 Å². The van der Waals surface area contributed by atoms with Crippen LogP contribution in [-0.4, -0.2) is 37.7 Å². The fourth-order valence-corrected chi connectivity index (χ4v) is 2.16. The smallest absolute Gasteiger partial charge is 0.118 e. The molecule has 1 aromatic carbocycles. The van der Waals surface area contributed by atoms with Crippen molar-refractivity contribution in [3.05, 3.63) is 29.8 Å². The molecule has 94 valence electrons. The lowest BCUT2D eigenvalue weighted by Crippen LogP contribution is -2.42. The maximum atomic E-state index is 5.84. The Bertz CT molecular complexity index is 348. The summed E-state index contributed by atoms with van der Waals surface area (Å²) in [6.07, 6.45) is 0.192. The first-order valence-electron chi connectivity index (χ1n) is 6.20. The van der Waals surface area contributed by atoms with Gasteiger partial charge in [-0.1, -0.05) is 12.1 Å². The zero-order valence-corrected chi connectivity index (χ0v) is 10.8. The van der Waals surface area contributed by atoms with Gasteiger partial charge in [-0.3, -0.25) is 4.90 Å². The quantitative estimate of drug-likeness (QED) is 0.803. The van der Waals surface area contributed by atoms with Crippen molar-refractivity contribution in [3.8, 4) is 5.75 Å². The molecule has 0 amide bonds. The summed E-state index contributed by atoms with van der Waals surface area (Å²) in [6, 6.07) is 8.75. The van der Waals surface area contributed by atoms with Crippen molar-refractivity contribution in [2.45, 2.75) is 26.0 Å². The highest BCUT2D eigenvalue weighted by atomic mass is 16.5. The van der Waals surface area contributed by atoms with Crippen molar-refractivity contribution < 1.29 is 9.47 Å². The number of rotatable bonds is 3. The van der Waals surface area contributed by atoms with Gasteiger partial charge in [-0.25, -0.2) is 0 Å². The fourth-order valence-electron chi connectivity index (χ4n) is 2.16. The monoisotopic (exact) mass is 235 g/mol. The Labute approximate surface area is 103 Å². The molecule has 1 saturated heterocycles. The van der Waals surface area contributed by atoms with Crippen LogP contribution < -0.4 is 4.74 Å². The number of ether oxygens (including phenoxy) is 2. The molecule has 1 aliphatic heterocycles. The predicted octanol–water partition coefficient (Wildman–Crippen LogP) is 2.48. The highest BCUT2D eigenvalue weighted by Gasteiger charge is 2.23. The van der Waals surface area contributed by atoms with Gasteiger partial charge in [0.1, 0.15) is 5.75 Å². The molecule has 0 spiro atoms. The van der Waals surface area contributed by atoms with E-state index < -0.39 is 0 Å².